The number of hydrogen-bond acceptors (Lipinski definition) is 7. The number of carbonyl (C=O) groups is 3. The molecule has 1 heterocycles. The van der Waals surface area contributed by atoms with Gasteiger partial charge in [-0.25, -0.2) is 0 Å². The number of carbonyl (C=O) groups excluding carboxylic acids is 3. The average Bonchev–Trinajstić information content (AvgIpc) is 2.57. The predicted octanol–water partition coefficient (Wildman–Crippen LogP) is 1.95. The van der Waals surface area contributed by atoms with Crippen LogP contribution < -0.4 is 0 Å². The number of hydrogen-bond donors (Lipinski definition) is 0. The molecule has 0 saturated carbocycles. The van der Waals surface area contributed by atoms with Crippen LogP contribution in [0.2, 0.25) is 0 Å². The Bertz CT molecular complexity index is 550. The van der Waals surface area contributed by atoms with Gasteiger partial charge < -0.3 is 18.9 Å². The van der Waals surface area contributed by atoms with Crippen molar-refractivity contribution in [3.8, 4) is 0 Å². The van der Waals surface area contributed by atoms with Crippen molar-refractivity contribution in [1.29, 1.82) is 0 Å². The van der Waals surface area contributed by atoms with Crippen LogP contribution in [-0.4, -0.2) is 49.9 Å². The van der Waals surface area contributed by atoms with Gasteiger partial charge in [-0.3, -0.25) is 14.4 Å². The van der Waals surface area contributed by atoms with E-state index in [0.717, 1.165) is 5.57 Å². The highest BCUT2D eigenvalue weighted by Crippen LogP contribution is 2.26. The van der Waals surface area contributed by atoms with Crippen LogP contribution in [0.4, 0.5) is 0 Å². The zero-order chi connectivity index (χ0) is 19.0. The molecule has 0 aromatic heterocycles. The van der Waals surface area contributed by atoms with Crippen LogP contribution in [0, 0.1) is 5.92 Å². The van der Waals surface area contributed by atoms with Gasteiger partial charge in [0, 0.05) is 19.8 Å². The van der Waals surface area contributed by atoms with Gasteiger partial charge in [-0.2, -0.15) is 0 Å². The highest BCUT2D eigenvalue weighted by Gasteiger charge is 2.33. The number of esters is 3. The van der Waals surface area contributed by atoms with Crippen LogP contribution in [0.3, 0.4) is 0 Å². The molecule has 0 spiro atoms. The number of methoxy groups -OCH3 is 1. The summed E-state index contributed by atoms with van der Waals surface area (Å²) in [6.45, 7) is 6.48. The summed E-state index contributed by atoms with van der Waals surface area (Å²) in [4.78, 5) is 33.5. The maximum absolute atomic E-state index is 11.3. The maximum Gasteiger partial charge on any atom is 0.309 e. The molecule has 0 saturated heterocycles. The fourth-order valence-corrected chi connectivity index (χ4v) is 2.37. The Kier molecular flexibility index (Phi) is 8.34. The van der Waals surface area contributed by atoms with E-state index in [-0.39, 0.29) is 31.0 Å². The summed E-state index contributed by atoms with van der Waals surface area (Å²) in [6, 6.07) is 0. The number of ether oxygens (including phenoxy) is 4. The Morgan fingerprint density at radius 3 is 2.40 bits per heavy atom. The van der Waals surface area contributed by atoms with Gasteiger partial charge in [-0.1, -0.05) is 24.6 Å². The minimum Gasteiger partial charge on any atom is -0.469 e. The first-order chi connectivity index (χ1) is 11.7. The van der Waals surface area contributed by atoms with E-state index in [2.05, 4.69) is 4.74 Å². The predicted molar refractivity (Wildman–Crippen MR) is 89.5 cm³/mol. The summed E-state index contributed by atoms with van der Waals surface area (Å²) in [6.07, 6.45) is 4.06. The zero-order valence-corrected chi connectivity index (χ0v) is 15.3. The summed E-state index contributed by atoms with van der Waals surface area (Å²) in [5, 5.41) is 0. The molecule has 25 heavy (non-hydrogen) atoms. The molecule has 0 bridgehead atoms. The van der Waals surface area contributed by atoms with Gasteiger partial charge in [0.25, 0.3) is 0 Å². The molecule has 0 aliphatic carbocycles. The first-order valence-electron chi connectivity index (χ1n) is 8.12. The lowest BCUT2D eigenvalue weighted by molar-refractivity contribution is -0.164. The molecule has 1 aliphatic rings. The Morgan fingerprint density at radius 1 is 1.16 bits per heavy atom. The lowest BCUT2D eigenvalue weighted by Crippen LogP contribution is -2.43. The van der Waals surface area contributed by atoms with Crippen LogP contribution in [0.15, 0.2) is 23.8 Å². The van der Waals surface area contributed by atoms with E-state index >= 15 is 0 Å². The number of rotatable bonds is 7. The Balaban J connectivity index is 2.81. The van der Waals surface area contributed by atoms with Crippen molar-refractivity contribution in [1.82, 2.24) is 0 Å². The minimum absolute atomic E-state index is 0.00817. The van der Waals surface area contributed by atoms with Crippen molar-refractivity contribution in [3.63, 3.8) is 0 Å². The van der Waals surface area contributed by atoms with Crippen molar-refractivity contribution in [2.45, 2.75) is 52.4 Å². The fraction of sp³-hybridized carbons (Fsp3) is 0.611. The van der Waals surface area contributed by atoms with E-state index in [4.69, 9.17) is 14.2 Å². The van der Waals surface area contributed by atoms with Crippen molar-refractivity contribution < 1.29 is 33.3 Å². The van der Waals surface area contributed by atoms with Crippen LogP contribution >= 0.6 is 0 Å². The van der Waals surface area contributed by atoms with Gasteiger partial charge in [-0.05, 0) is 13.0 Å². The average molecular weight is 354 g/mol. The first-order valence-corrected chi connectivity index (χ1v) is 8.12. The van der Waals surface area contributed by atoms with Gasteiger partial charge in [0.15, 0.2) is 0 Å². The molecule has 1 rings (SSSR count). The molecule has 0 aromatic carbocycles. The molecule has 0 amide bonds. The molecule has 0 radical (unpaired) electrons. The van der Waals surface area contributed by atoms with E-state index in [9.17, 15) is 14.4 Å². The van der Waals surface area contributed by atoms with Gasteiger partial charge in [0.2, 0.25) is 0 Å². The highest BCUT2D eigenvalue weighted by atomic mass is 16.6. The van der Waals surface area contributed by atoms with E-state index in [0.29, 0.717) is 0 Å². The van der Waals surface area contributed by atoms with E-state index in [1.807, 2.05) is 19.9 Å². The normalized spacial score (nSPS) is 24.4. The summed E-state index contributed by atoms with van der Waals surface area (Å²) in [5.41, 5.74) is 0.970. The SMILES string of the molecule is COC(=O)C/C=C(\C)[C@H](C)[C@@H]1C=C[C@@H](OC(C)=O)[C@@H](COC(C)=O)O1. The molecule has 0 unspecified atom stereocenters. The molecule has 7 nitrogen and oxygen atoms in total. The summed E-state index contributed by atoms with van der Waals surface area (Å²) in [7, 11) is 1.34. The molecule has 0 fully saturated rings. The second-order valence-electron chi connectivity index (χ2n) is 5.92. The summed E-state index contributed by atoms with van der Waals surface area (Å²) < 4.78 is 20.8. The zero-order valence-electron chi connectivity index (χ0n) is 15.3. The van der Waals surface area contributed by atoms with Crippen molar-refractivity contribution in [3.05, 3.63) is 23.8 Å². The van der Waals surface area contributed by atoms with Crippen molar-refractivity contribution in [2.24, 2.45) is 5.92 Å². The molecule has 1 aliphatic heterocycles. The third kappa shape index (κ3) is 7.09. The Labute approximate surface area is 147 Å². The monoisotopic (exact) mass is 354 g/mol. The highest BCUT2D eigenvalue weighted by molar-refractivity contribution is 5.71. The van der Waals surface area contributed by atoms with Crippen molar-refractivity contribution in [2.75, 3.05) is 13.7 Å². The smallest absolute Gasteiger partial charge is 0.309 e. The van der Waals surface area contributed by atoms with Gasteiger partial charge >= 0.3 is 17.9 Å². The quantitative estimate of drug-likeness (QED) is 0.392. The Morgan fingerprint density at radius 2 is 1.84 bits per heavy atom. The fourth-order valence-electron chi connectivity index (χ4n) is 2.37. The van der Waals surface area contributed by atoms with E-state index < -0.39 is 24.1 Å². The molecular formula is C18H26O7. The topological polar surface area (TPSA) is 88.1 Å². The van der Waals surface area contributed by atoms with Crippen LogP contribution in [0.5, 0.6) is 0 Å². The Hall–Kier alpha value is -2.15. The molecule has 4 atom stereocenters. The third-order valence-corrected chi connectivity index (χ3v) is 3.97. The second kappa shape index (κ2) is 9.98. The van der Waals surface area contributed by atoms with Gasteiger partial charge in [0.05, 0.1) is 19.6 Å². The molecule has 0 N–H and O–H groups in total. The lowest BCUT2D eigenvalue weighted by Gasteiger charge is -2.34. The van der Waals surface area contributed by atoms with Crippen molar-refractivity contribution >= 4 is 17.9 Å². The molecule has 0 aromatic rings. The van der Waals surface area contributed by atoms with E-state index in [1.54, 1.807) is 12.2 Å². The largest absolute Gasteiger partial charge is 0.469 e. The summed E-state index contributed by atoms with van der Waals surface area (Å²) >= 11 is 0. The lowest BCUT2D eigenvalue weighted by atomic mass is 9.92. The second-order valence-corrected chi connectivity index (χ2v) is 5.92. The molecule has 7 heteroatoms. The molecular weight excluding hydrogens is 328 g/mol. The van der Waals surface area contributed by atoms with Crippen LogP contribution in [0.1, 0.15) is 34.1 Å². The minimum atomic E-state index is -0.611. The van der Waals surface area contributed by atoms with Gasteiger partial charge in [-0.15, -0.1) is 0 Å². The molecule has 140 valence electrons. The standard InChI is InChI=1S/C18H26O7/c1-11(6-9-18(21)22-5)12(2)15-7-8-16(24-14(4)20)17(25-15)10-23-13(3)19/h6-8,12,15-17H,9-10H2,1-5H3/b11-6+/t12-,15-,16+,17+/m0/s1. The first kappa shape index (κ1) is 20.9. The third-order valence-electron chi connectivity index (χ3n) is 3.97. The van der Waals surface area contributed by atoms with Crippen LogP contribution in [0.25, 0.3) is 0 Å². The maximum atomic E-state index is 11.3. The van der Waals surface area contributed by atoms with Gasteiger partial charge in [0.1, 0.15) is 18.8 Å². The van der Waals surface area contributed by atoms with E-state index in [1.165, 1.54) is 21.0 Å². The van der Waals surface area contributed by atoms with Crippen LogP contribution in [-0.2, 0) is 33.3 Å². The summed E-state index contributed by atoms with van der Waals surface area (Å²) in [5.74, 6) is -1.20.